The molecule has 0 amide bonds. The minimum atomic E-state index is -0.611. The van der Waals surface area contributed by atoms with Gasteiger partial charge in [0.15, 0.2) is 0 Å². The third kappa shape index (κ3) is 2.55. The number of aryl methyl sites for hydroxylation is 2. The van der Waals surface area contributed by atoms with E-state index in [1.165, 1.54) is 17.5 Å². The standard InChI is InChI=1S/C16H24O/c1-12-6-7-14(10-13(12)2)16(17)9-5-8-15(3,4)11-16/h6-7,10,17H,5,8-9,11H2,1-4H3. The van der Waals surface area contributed by atoms with Gasteiger partial charge < -0.3 is 5.11 Å². The van der Waals surface area contributed by atoms with Crippen molar-refractivity contribution < 1.29 is 5.11 Å². The number of hydrogen-bond donors (Lipinski definition) is 1. The molecular formula is C16H24O. The Morgan fingerprint density at radius 2 is 1.76 bits per heavy atom. The van der Waals surface area contributed by atoms with Crippen molar-refractivity contribution >= 4 is 0 Å². The molecule has 0 aromatic heterocycles. The highest BCUT2D eigenvalue weighted by molar-refractivity contribution is 5.33. The van der Waals surface area contributed by atoms with Crippen LogP contribution in [0.5, 0.6) is 0 Å². The number of benzene rings is 1. The highest BCUT2D eigenvalue weighted by Gasteiger charge is 2.39. The van der Waals surface area contributed by atoms with Crippen LogP contribution >= 0.6 is 0 Å². The summed E-state index contributed by atoms with van der Waals surface area (Å²) in [4.78, 5) is 0. The van der Waals surface area contributed by atoms with Crippen molar-refractivity contribution in [3.8, 4) is 0 Å². The molecule has 0 bridgehead atoms. The molecular weight excluding hydrogens is 208 g/mol. The lowest BCUT2D eigenvalue weighted by molar-refractivity contribution is -0.0440. The minimum absolute atomic E-state index is 0.256. The first-order chi connectivity index (χ1) is 7.82. The van der Waals surface area contributed by atoms with Crippen molar-refractivity contribution in [3.05, 3.63) is 34.9 Å². The van der Waals surface area contributed by atoms with Crippen LogP contribution in [0.25, 0.3) is 0 Å². The van der Waals surface area contributed by atoms with E-state index in [0.29, 0.717) is 0 Å². The maximum absolute atomic E-state index is 10.9. The Labute approximate surface area is 105 Å². The van der Waals surface area contributed by atoms with E-state index in [2.05, 4.69) is 45.9 Å². The van der Waals surface area contributed by atoms with Gasteiger partial charge in [-0.3, -0.25) is 0 Å². The third-order valence-electron chi connectivity index (χ3n) is 4.26. The normalized spacial score (nSPS) is 28.1. The van der Waals surface area contributed by atoms with Gasteiger partial charge in [-0.25, -0.2) is 0 Å². The molecule has 1 nitrogen and oxygen atoms in total. The van der Waals surface area contributed by atoms with Gasteiger partial charge in [-0.15, -0.1) is 0 Å². The summed E-state index contributed by atoms with van der Waals surface area (Å²) in [6.45, 7) is 8.76. The van der Waals surface area contributed by atoms with Crippen molar-refractivity contribution in [1.29, 1.82) is 0 Å². The number of aliphatic hydroxyl groups is 1. The fourth-order valence-corrected chi connectivity index (χ4v) is 3.11. The third-order valence-corrected chi connectivity index (χ3v) is 4.26. The van der Waals surface area contributed by atoms with E-state index in [9.17, 15) is 5.11 Å². The predicted molar refractivity (Wildman–Crippen MR) is 72.1 cm³/mol. The quantitative estimate of drug-likeness (QED) is 0.773. The average molecular weight is 232 g/mol. The number of rotatable bonds is 1. The molecule has 0 aliphatic heterocycles. The van der Waals surface area contributed by atoms with Gasteiger partial charge in [0.1, 0.15) is 0 Å². The Kier molecular flexibility index (Phi) is 3.07. The van der Waals surface area contributed by atoms with Crippen LogP contribution < -0.4 is 0 Å². The summed E-state index contributed by atoms with van der Waals surface area (Å²) < 4.78 is 0. The second-order valence-electron chi connectivity index (χ2n) is 6.53. The molecule has 1 heteroatoms. The molecule has 1 aliphatic carbocycles. The summed E-state index contributed by atoms with van der Waals surface area (Å²) >= 11 is 0. The van der Waals surface area contributed by atoms with E-state index >= 15 is 0 Å². The van der Waals surface area contributed by atoms with E-state index in [4.69, 9.17) is 0 Å². The molecule has 0 heterocycles. The SMILES string of the molecule is Cc1ccc(C2(O)CCCC(C)(C)C2)cc1C. The van der Waals surface area contributed by atoms with Gasteiger partial charge in [-0.05, 0) is 61.6 Å². The molecule has 1 atom stereocenters. The second-order valence-corrected chi connectivity index (χ2v) is 6.53. The van der Waals surface area contributed by atoms with Crippen LogP contribution in [0.3, 0.4) is 0 Å². The van der Waals surface area contributed by atoms with Gasteiger partial charge >= 0.3 is 0 Å². The molecule has 0 radical (unpaired) electrons. The maximum atomic E-state index is 10.9. The summed E-state index contributed by atoms with van der Waals surface area (Å²) in [5.74, 6) is 0. The zero-order valence-corrected chi connectivity index (χ0v) is 11.5. The predicted octanol–water partition coefficient (Wildman–Crippen LogP) is 4.09. The summed E-state index contributed by atoms with van der Waals surface area (Å²) in [5, 5.41) is 10.9. The molecule has 2 rings (SSSR count). The molecule has 1 aliphatic rings. The van der Waals surface area contributed by atoms with Crippen molar-refractivity contribution in [1.82, 2.24) is 0 Å². The first-order valence-electron chi connectivity index (χ1n) is 6.63. The minimum Gasteiger partial charge on any atom is -0.385 e. The van der Waals surface area contributed by atoms with E-state index in [1.54, 1.807) is 0 Å². The summed E-state index contributed by atoms with van der Waals surface area (Å²) in [6, 6.07) is 6.39. The van der Waals surface area contributed by atoms with Gasteiger partial charge in [0, 0.05) is 0 Å². The van der Waals surface area contributed by atoms with Crippen LogP contribution in [0.1, 0.15) is 56.2 Å². The van der Waals surface area contributed by atoms with Crippen LogP contribution in [0.4, 0.5) is 0 Å². The Morgan fingerprint density at radius 3 is 2.35 bits per heavy atom. The van der Waals surface area contributed by atoms with Gasteiger partial charge in [0.05, 0.1) is 5.60 Å². The summed E-state index contributed by atoms with van der Waals surface area (Å²) in [5.41, 5.74) is 3.33. The lowest BCUT2D eigenvalue weighted by Gasteiger charge is -2.42. The van der Waals surface area contributed by atoms with Crippen molar-refractivity contribution in [2.75, 3.05) is 0 Å². The zero-order chi connectivity index (χ0) is 12.7. The monoisotopic (exact) mass is 232 g/mol. The Morgan fingerprint density at radius 1 is 1.06 bits per heavy atom. The number of hydrogen-bond acceptors (Lipinski definition) is 1. The molecule has 1 aromatic carbocycles. The highest BCUT2D eigenvalue weighted by atomic mass is 16.3. The Hall–Kier alpha value is -0.820. The van der Waals surface area contributed by atoms with Crippen molar-refractivity contribution in [2.24, 2.45) is 5.41 Å². The average Bonchev–Trinajstić information content (AvgIpc) is 2.20. The molecule has 1 unspecified atom stereocenters. The van der Waals surface area contributed by atoms with Crippen LogP contribution in [0.15, 0.2) is 18.2 Å². The molecule has 0 spiro atoms. The zero-order valence-electron chi connectivity index (χ0n) is 11.5. The smallest absolute Gasteiger partial charge is 0.0901 e. The van der Waals surface area contributed by atoms with Crippen molar-refractivity contribution in [3.63, 3.8) is 0 Å². The van der Waals surface area contributed by atoms with Crippen LogP contribution in [-0.2, 0) is 5.60 Å². The van der Waals surface area contributed by atoms with E-state index < -0.39 is 5.60 Å². The lowest BCUT2D eigenvalue weighted by Crippen LogP contribution is -2.36. The Balaban J connectivity index is 2.34. The fraction of sp³-hybridized carbons (Fsp3) is 0.625. The molecule has 0 saturated heterocycles. The molecule has 94 valence electrons. The van der Waals surface area contributed by atoms with Crippen LogP contribution in [0, 0.1) is 19.3 Å². The first-order valence-corrected chi connectivity index (χ1v) is 6.63. The van der Waals surface area contributed by atoms with Gasteiger partial charge in [0.2, 0.25) is 0 Å². The Bertz CT molecular complexity index is 420. The molecule has 1 aromatic rings. The van der Waals surface area contributed by atoms with Gasteiger partial charge in [-0.1, -0.05) is 32.0 Å². The summed E-state index contributed by atoms with van der Waals surface area (Å²) in [6.07, 6.45) is 4.12. The second kappa shape index (κ2) is 4.13. The van der Waals surface area contributed by atoms with Crippen LogP contribution in [0.2, 0.25) is 0 Å². The van der Waals surface area contributed by atoms with Gasteiger partial charge in [0.25, 0.3) is 0 Å². The van der Waals surface area contributed by atoms with E-state index in [-0.39, 0.29) is 5.41 Å². The van der Waals surface area contributed by atoms with Crippen LogP contribution in [-0.4, -0.2) is 5.11 Å². The maximum Gasteiger partial charge on any atom is 0.0901 e. The fourth-order valence-electron chi connectivity index (χ4n) is 3.11. The highest BCUT2D eigenvalue weighted by Crippen LogP contribution is 2.46. The first kappa shape index (κ1) is 12.6. The lowest BCUT2D eigenvalue weighted by atomic mass is 9.67. The summed E-state index contributed by atoms with van der Waals surface area (Å²) in [7, 11) is 0. The van der Waals surface area contributed by atoms with E-state index in [1.807, 2.05) is 0 Å². The van der Waals surface area contributed by atoms with E-state index in [0.717, 1.165) is 24.8 Å². The largest absolute Gasteiger partial charge is 0.385 e. The molecule has 1 fully saturated rings. The van der Waals surface area contributed by atoms with Gasteiger partial charge in [-0.2, -0.15) is 0 Å². The molecule has 1 N–H and O–H groups in total. The van der Waals surface area contributed by atoms with Crippen molar-refractivity contribution in [2.45, 2.75) is 59.0 Å². The molecule has 1 saturated carbocycles. The topological polar surface area (TPSA) is 20.2 Å². The molecule has 17 heavy (non-hydrogen) atoms.